The molecule has 2 rings (SSSR count). The molecule has 0 heterocycles. The average molecular weight is 408 g/mol. The van der Waals surface area contributed by atoms with Gasteiger partial charge in [-0.2, -0.15) is 0 Å². The first kappa shape index (κ1) is 17.9. The first-order chi connectivity index (χ1) is 11.4. The topological polar surface area (TPSA) is 90.5 Å². The number of nitrogens with one attached hydrogen (secondary N) is 3. The van der Waals surface area contributed by atoms with Crippen LogP contribution in [0.5, 0.6) is 5.75 Å². The van der Waals surface area contributed by atoms with Crippen LogP contribution in [-0.2, 0) is 0 Å². The van der Waals surface area contributed by atoms with Gasteiger partial charge in [0.1, 0.15) is 5.75 Å². The number of rotatable bonds is 2. The normalized spacial score (nSPS) is 9.92. The minimum absolute atomic E-state index is 0.0381. The van der Waals surface area contributed by atoms with Crippen LogP contribution in [0.2, 0.25) is 0 Å². The fourth-order valence-corrected chi connectivity index (χ4v) is 2.26. The monoisotopic (exact) mass is 407 g/mol. The Morgan fingerprint density at radius 3 is 2.25 bits per heavy atom. The van der Waals surface area contributed by atoms with Crippen molar-refractivity contribution in [3.8, 4) is 5.75 Å². The van der Waals surface area contributed by atoms with Crippen molar-refractivity contribution in [2.24, 2.45) is 0 Å². The summed E-state index contributed by atoms with van der Waals surface area (Å²) in [5.74, 6) is -0.789. The van der Waals surface area contributed by atoms with Gasteiger partial charge in [0.2, 0.25) is 0 Å². The van der Waals surface area contributed by atoms with E-state index >= 15 is 0 Å². The molecule has 0 bridgehead atoms. The molecule has 2 aromatic carbocycles. The number of aromatic hydroxyl groups is 1. The maximum absolute atomic E-state index is 12.1. The molecule has 0 radical (unpaired) electrons. The van der Waals surface area contributed by atoms with Gasteiger partial charge in [-0.1, -0.05) is 22.0 Å². The molecule has 0 saturated heterocycles. The van der Waals surface area contributed by atoms with Gasteiger partial charge in [0.15, 0.2) is 5.11 Å². The summed E-state index contributed by atoms with van der Waals surface area (Å²) in [4.78, 5) is 23.9. The van der Waals surface area contributed by atoms with Gasteiger partial charge in [-0.3, -0.25) is 25.8 Å². The summed E-state index contributed by atoms with van der Waals surface area (Å²) in [6, 6.07) is 10.9. The first-order valence-electron chi connectivity index (χ1n) is 6.83. The number of phenolic OH excluding ortho intramolecular Hbond substituents is 1. The van der Waals surface area contributed by atoms with Gasteiger partial charge in [-0.05, 0) is 61.1 Å². The third-order valence-electron chi connectivity index (χ3n) is 3.08. The van der Waals surface area contributed by atoms with Gasteiger partial charge in [0.25, 0.3) is 11.8 Å². The van der Waals surface area contributed by atoms with E-state index in [1.165, 1.54) is 24.3 Å². The molecular formula is C16H14BrN3O3S. The molecule has 6 nitrogen and oxygen atoms in total. The number of carbonyl (C=O) groups excluding carboxylic acids is 2. The van der Waals surface area contributed by atoms with Crippen molar-refractivity contribution in [3.05, 3.63) is 63.6 Å². The summed E-state index contributed by atoms with van der Waals surface area (Å²) in [5, 5.41) is 11.6. The van der Waals surface area contributed by atoms with Crippen molar-refractivity contribution >= 4 is 45.1 Å². The lowest BCUT2D eigenvalue weighted by Crippen LogP contribution is -2.48. The van der Waals surface area contributed by atoms with Crippen LogP contribution in [-0.4, -0.2) is 22.0 Å². The van der Waals surface area contributed by atoms with E-state index in [-0.39, 0.29) is 10.9 Å². The van der Waals surface area contributed by atoms with Gasteiger partial charge >= 0.3 is 0 Å². The van der Waals surface area contributed by atoms with Crippen molar-refractivity contribution in [1.82, 2.24) is 16.2 Å². The molecule has 0 aliphatic rings. The number of phenols is 1. The summed E-state index contributed by atoms with van der Waals surface area (Å²) in [6.07, 6.45) is 0. The number of amides is 2. The standard InChI is InChI=1S/C16H14BrN3O3S/c1-9-2-3-11(8-13(9)17)14(22)18-16(24)20-19-15(23)10-4-6-12(21)7-5-10/h2-8,21H,1H3,(H,19,23)(H2,18,20,22,24). The molecule has 0 aromatic heterocycles. The van der Waals surface area contributed by atoms with Crippen LogP contribution in [0.25, 0.3) is 0 Å². The van der Waals surface area contributed by atoms with Crippen LogP contribution in [0.4, 0.5) is 0 Å². The SMILES string of the molecule is Cc1ccc(C(=O)NC(=S)NNC(=O)c2ccc(O)cc2)cc1Br. The van der Waals surface area contributed by atoms with E-state index in [0.29, 0.717) is 11.1 Å². The summed E-state index contributed by atoms with van der Waals surface area (Å²) in [6.45, 7) is 1.91. The minimum atomic E-state index is -0.454. The molecule has 24 heavy (non-hydrogen) atoms. The maximum Gasteiger partial charge on any atom is 0.269 e. The second-order valence-electron chi connectivity index (χ2n) is 4.87. The Morgan fingerprint density at radius 1 is 1.00 bits per heavy atom. The highest BCUT2D eigenvalue weighted by atomic mass is 79.9. The Hall–Kier alpha value is -2.45. The van der Waals surface area contributed by atoms with E-state index in [1.807, 2.05) is 13.0 Å². The van der Waals surface area contributed by atoms with Crippen molar-refractivity contribution in [1.29, 1.82) is 0 Å². The number of halogens is 1. The Bertz CT molecular complexity index is 794. The molecular weight excluding hydrogens is 394 g/mol. The molecule has 0 saturated carbocycles. The molecule has 0 spiro atoms. The van der Waals surface area contributed by atoms with Crippen LogP contribution in [0.1, 0.15) is 26.3 Å². The highest BCUT2D eigenvalue weighted by Crippen LogP contribution is 2.17. The third-order valence-corrected chi connectivity index (χ3v) is 4.14. The molecule has 0 unspecified atom stereocenters. The Kier molecular flexibility index (Phi) is 5.88. The van der Waals surface area contributed by atoms with E-state index in [2.05, 4.69) is 32.1 Å². The third kappa shape index (κ3) is 4.77. The van der Waals surface area contributed by atoms with Gasteiger partial charge < -0.3 is 5.11 Å². The Balaban J connectivity index is 1.88. The number of thiocarbonyl (C=S) groups is 1. The zero-order valence-electron chi connectivity index (χ0n) is 12.6. The van der Waals surface area contributed by atoms with Gasteiger partial charge in [-0.25, -0.2) is 0 Å². The van der Waals surface area contributed by atoms with E-state index in [0.717, 1.165) is 10.0 Å². The number of hydrazine groups is 1. The smallest absolute Gasteiger partial charge is 0.269 e. The lowest BCUT2D eigenvalue weighted by Gasteiger charge is -2.11. The zero-order chi connectivity index (χ0) is 17.7. The van der Waals surface area contributed by atoms with Gasteiger partial charge in [0.05, 0.1) is 0 Å². The molecule has 0 atom stereocenters. The van der Waals surface area contributed by atoms with Gasteiger partial charge in [-0.15, -0.1) is 0 Å². The van der Waals surface area contributed by atoms with E-state index in [4.69, 9.17) is 12.2 Å². The molecule has 124 valence electrons. The molecule has 0 fully saturated rings. The number of hydrogen-bond acceptors (Lipinski definition) is 4. The zero-order valence-corrected chi connectivity index (χ0v) is 15.0. The molecule has 8 heteroatoms. The number of aryl methyl sites for hydroxylation is 1. The molecule has 0 aliphatic heterocycles. The highest BCUT2D eigenvalue weighted by Gasteiger charge is 2.10. The number of benzene rings is 2. The summed E-state index contributed by atoms with van der Waals surface area (Å²) >= 11 is 8.33. The van der Waals surface area contributed by atoms with Crippen molar-refractivity contribution in [2.45, 2.75) is 6.92 Å². The summed E-state index contributed by atoms with van der Waals surface area (Å²) in [7, 11) is 0. The second kappa shape index (κ2) is 7.89. The van der Waals surface area contributed by atoms with Crippen LogP contribution in [0.3, 0.4) is 0 Å². The molecule has 0 aliphatic carbocycles. The first-order valence-corrected chi connectivity index (χ1v) is 8.04. The largest absolute Gasteiger partial charge is 0.508 e. The summed E-state index contributed by atoms with van der Waals surface area (Å²) < 4.78 is 0.815. The lowest BCUT2D eigenvalue weighted by atomic mass is 10.1. The Morgan fingerprint density at radius 2 is 1.62 bits per heavy atom. The minimum Gasteiger partial charge on any atom is -0.508 e. The van der Waals surface area contributed by atoms with Crippen LogP contribution in [0, 0.1) is 6.92 Å². The number of carbonyl (C=O) groups is 2. The number of hydrogen-bond donors (Lipinski definition) is 4. The van der Waals surface area contributed by atoms with E-state index < -0.39 is 11.8 Å². The van der Waals surface area contributed by atoms with Gasteiger partial charge in [0, 0.05) is 15.6 Å². The van der Waals surface area contributed by atoms with Crippen molar-refractivity contribution in [2.75, 3.05) is 0 Å². The lowest BCUT2D eigenvalue weighted by molar-refractivity contribution is 0.0934. The van der Waals surface area contributed by atoms with Crippen molar-refractivity contribution in [3.63, 3.8) is 0 Å². The predicted octanol–water partition coefficient (Wildman–Crippen LogP) is 2.41. The average Bonchev–Trinajstić information content (AvgIpc) is 2.55. The quantitative estimate of drug-likeness (QED) is 0.453. The highest BCUT2D eigenvalue weighted by molar-refractivity contribution is 9.10. The molecule has 4 N–H and O–H groups in total. The van der Waals surface area contributed by atoms with Crippen molar-refractivity contribution < 1.29 is 14.7 Å². The Labute approximate surface area is 152 Å². The predicted molar refractivity (Wildman–Crippen MR) is 97.7 cm³/mol. The molecule has 2 amide bonds. The molecule has 2 aromatic rings. The second-order valence-corrected chi connectivity index (χ2v) is 6.14. The maximum atomic E-state index is 12.1. The fraction of sp³-hybridized carbons (Fsp3) is 0.0625. The fourth-order valence-electron chi connectivity index (χ4n) is 1.74. The summed E-state index contributed by atoms with van der Waals surface area (Å²) in [5.41, 5.74) is 6.58. The van der Waals surface area contributed by atoms with Crippen LogP contribution < -0.4 is 16.2 Å². The van der Waals surface area contributed by atoms with E-state index in [1.54, 1.807) is 12.1 Å². The van der Waals surface area contributed by atoms with Crippen LogP contribution >= 0.6 is 28.1 Å². The van der Waals surface area contributed by atoms with E-state index in [9.17, 15) is 14.7 Å². The van der Waals surface area contributed by atoms with Crippen LogP contribution in [0.15, 0.2) is 46.9 Å².